The Balaban J connectivity index is 1.68. The second-order valence-corrected chi connectivity index (χ2v) is 9.34. The number of nitrogens with one attached hydrogen (secondary N) is 1. The molecule has 1 aromatic heterocycles. The van der Waals surface area contributed by atoms with Gasteiger partial charge in [-0.3, -0.25) is 14.5 Å². The van der Waals surface area contributed by atoms with Gasteiger partial charge in [-0.1, -0.05) is 35.6 Å². The van der Waals surface area contributed by atoms with E-state index in [0.717, 1.165) is 24.2 Å². The van der Waals surface area contributed by atoms with E-state index in [1.807, 2.05) is 24.3 Å². The van der Waals surface area contributed by atoms with Crippen LogP contribution in [0.4, 0.5) is 0 Å². The molecule has 0 unspecified atom stereocenters. The Morgan fingerprint density at radius 1 is 1.19 bits per heavy atom. The summed E-state index contributed by atoms with van der Waals surface area (Å²) in [6.45, 7) is 4.10. The van der Waals surface area contributed by atoms with Crippen LogP contribution >= 0.6 is 11.6 Å². The van der Waals surface area contributed by atoms with Crippen molar-refractivity contribution in [1.82, 2.24) is 14.8 Å². The molecule has 7 nitrogen and oxygen atoms in total. The second-order valence-electron chi connectivity index (χ2n) is 8.90. The van der Waals surface area contributed by atoms with Gasteiger partial charge in [-0.25, -0.2) is 0 Å². The number of unbranched alkanes of at least 4 members (excludes halogenated alkanes) is 1. The smallest absolute Gasteiger partial charge is 0.259 e. The number of hydrogen-bond donors (Lipinski definition) is 2. The fourth-order valence-corrected chi connectivity index (χ4v) is 4.35. The molecule has 3 aromatic rings. The van der Waals surface area contributed by atoms with Gasteiger partial charge in [0, 0.05) is 68.4 Å². The molecule has 0 atom stereocenters. The number of ether oxygens (including phenoxy) is 1. The van der Waals surface area contributed by atoms with Crippen molar-refractivity contribution in [2.24, 2.45) is 0 Å². The highest BCUT2D eigenvalue weighted by molar-refractivity contribution is 6.30. The van der Waals surface area contributed by atoms with Gasteiger partial charge in [0.25, 0.3) is 5.91 Å². The number of halogens is 1. The van der Waals surface area contributed by atoms with Gasteiger partial charge in [0.2, 0.25) is 5.43 Å². The number of morpholine rings is 1. The topological polar surface area (TPSA) is 85.9 Å². The summed E-state index contributed by atoms with van der Waals surface area (Å²) in [6.07, 6.45) is 2.63. The third kappa shape index (κ3) is 6.34. The van der Waals surface area contributed by atoms with Crippen LogP contribution in [0.15, 0.2) is 47.4 Å². The van der Waals surface area contributed by atoms with Crippen LogP contribution in [0, 0.1) is 11.8 Å². The minimum atomic E-state index is -0.359. The number of carbonyl (C=O) groups is 1. The number of fused-ring (bicyclic) bond motifs is 1. The fourth-order valence-electron chi connectivity index (χ4n) is 4.22. The van der Waals surface area contributed by atoms with Gasteiger partial charge in [0.05, 0.1) is 18.7 Å². The lowest BCUT2D eigenvalue weighted by molar-refractivity contribution is 0.0342. The second kappa shape index (κ2) is 12.2. The molecule has 188 valence electrons. The fraction of sp³-hybridized carbons (Fsp3) is 0.357. The molecule has 2 heterocycles. The molecule has 0 radical (unpaired) electrons. The van der Waals surface area contributed by atoms with Crippen molar-refractivity contribution in [2.75, 3.05) is 40.0 Å². The number of benzene rings is 2. The first-order valence-electron chi connectivity index (χ1n) is 12.0. The molecule has 1 amide bonds. The summed E-state index contributed by atoms with van der Waals surface area (Å²) in [6, 6.07) is 11.1. The molecular formula is C28H30ClN3O4. The number of rotatable bonds is 7. The normalized spacial score (nSPS) is 13.9. The highest BCUT2D eigenvalue weighted by atomic mass is 35.5. The first kappa shape index (κ1) is 25.9. The van der Waals surface area contributed by atoms with E-state index in [-0.39, 0.29) is 23.5 Å². The molecule has 4 rings (SSSR count). The first-order valence-corrected chi connectivity index (χ1v) is 12.4. The molecule has 0 bridgehead atoms. The number of aliphatic hydroxyl groups excluding tert-OH is 1. The van der Waals surface area contributed by atoms with Gasteiger partial charge in [-0.15, -0.1) is 0 Å². The van der Waals surface area contributed by atoms with E-state index >= 15 is 0 Å². The number of carbonyl (C=O) groups excluding carboxylic acids is 1. The van der Waals surface area contributed by atoms with E-state index in [9.17, 15) is 9.59 Å². The van der Waals surface area contributed by atoms with Crippen LogP contribution in [0.5, 0.6) is 0 Å². The quantitative estimate of drug-likeness (QED) is 0.378. The predicted molar refractivity (Wildman–Crippen MR) is 141 cm³/mol. The Hall–Kier alpha value is -3.15. The number of nitrogens with zero attached hydrogens (tertiary/aromatic N) is 2. The maximum absolute atomic E-state index is 13.5. The molecule has 1 fully saturated rings. The lowest BCUT2D eigenvalue weighted by atomic mass is 10.0. The third-order valence-corrected chi connectivity index (χ3v) is 6.40. The summed E-state index contributed by atoms with van der Waals surface area (Å²) in [5.74, 6) is 5.88. The van der Waals surface area contributed by atoms with Crippen molar-refractivity contribution in [3.63, 3.8) is 0 Å². The Morgan fingerprint density at radius 2 is 1.94 bits per heavy atom. The maximum atomic E-state index is 13.5. The number of aromatic amines is 1. The summed E-state index contributed by atoms with van der Waals surface area (Å²) >= 11 is 5.96. The average Bonchev–Trinajstić information content (AvgIpc) is 2.88. The zero-order valence-electron chi connectivity index (χ0n) is 20.3. The molecule has 2 aromatic carbocycles. The largest absolute Gasteiger partial charge is 0.396 e. The number of pyridine rings is 1. The van der Waals surface area contributed by atoms with Gasteiger partial charge in [-0.05, 0) is 41.8 Å². The van der Waals surface area contributed by atoms with Crippen molar-refractivity contribution in [1.29, 1.82) is 0 Å². The molecule has 2 N–H and O–H groups in total. The van der Waals surface area contributed by atoms with Crippen molar-refractivity contribution in [2.45, 2.75) is 25.9 Å². The predicted octanol–water partition coefficient (Wildman–Crippen LogP) is 3.41. The zero-order chi connectivity index (χ0) is 25.5. The zero-order valence-corrected chi connectivity index (χ0v) is 21.1. The van der Waals surface area contributed by atoms with Crippen LogP contribution in [0.25, 0.3) is 10.9 Å². The third-order valence-electron chi connectivity index (χ3n) is 6.15. The van der Waals surface area contributed by atoms with E-state index in [1.165, 1.54) is 11.1 Å². The van der Waals surface area contributed by atoms with E-state index in [0.29, 0.717) is 60.6 Å². The van der Waals surface area contributed by atoms with Crippen LogP contribution in [-0.4, -0.2) is 65.8 Å². The van der Waals surface area contributed by atoms with Crippen LogP contribution in [0.2, 0.25) is 5.02 Å². The van der Waals surface area contributed by atoms with Gasteiger partial charge in [-0.2, -0.15) is 0 Å². The molecule has 1 saturated heterocycles. The highest BCUT2D eigenvalue weighted by Gasteiger charge is 2.19. The van der Waals surface area contributed by atoms with Crippen molar-refractivity contribution in [3.8, 4) is 11.8 Å². The lowest BCUT2D eigenvalue weighted by Crippen LogP contribution is -2.35. The number of amides is 1. The van der Waals surface area contributed by atoms with E-state index in [2.05, 4.69) is 21.7 Å². The number of H-pyrrole nitrogens is 1. The average molecular weight is 508 g/mol. The van der Waals surface area contributed by atoms with Crippen molar-refractivity contribution >= 4 is 28.4 Å². The van der Waals surface area contributed by atoms with Gasteiger partial charge >= 0.3 is 0 Å². The Bertz CT molecular complexity index is 1340. The first-order chi connectivity index (χ1) is 17.5. The maximum Gasteiger partial charge on any atom is 0.259 e. The number of aliphatic hydroxyl groups is 1. The molecule has 36 heavy (non-hydrogen) atoms. The summed E-state index contributed by atoms with van der Waals surface area (Å²) in [4.78, 5) is 33.7. The molecule has 0 saturated carbocycles. The molecule has 0 spiro atoms. The Labute approximate surface area is 215 Å². The van der Waals surface area contributed by atoms with Gasteiger partial charge in [0.1, 0.15) is 5.56 Å². The van der Waals surface area contributed by atoms with Crippen LogP contribution in [0.1, 0.15) is 39.9 Å². The molecule has 1 aliphatic rings. The summed E-state index contributed by atoms with van der Waals surface area (Å²) in [5, 5.41) is 10.1. The van der Waals surface area contributed by atoms with E-state index < -0.39 is 0 Å². The minimum Gasteiger partial charge on any atom is -0.396 e. The summed E-state index contributed by atoms with van der Waals surface area (Å²) in [5.41, 5.74) is 2.96. The standard InChI is InChI=1S/C28H30ClN3O4/c1-31(18-20-6-8-23(29)9-7-20)28(35)25-17-30-26-22(5-3-2-4-12-33)15-21(16-24(26)27(25)34)19-32-10-13-36-14-11-32/h6-9,15-17,33H,2,4,10-14,18-19H2,1H3,(H,30,34). The van der Waals surface area contributed by atoms with Crippen molar-refractivity contribution < 1.29 is 14.6 Å². The monoisotopic (exact) mass is 507 g/mol. The molecule has 0 aliphatic carbocycles. The van der Waals surface area contributed by atoms with E-state index in [4.69, 9.17) is 21.4 Å². The van der Waals surface area contributed by atoms with Gasteiger partial charge in [0.15, 0.2) is 0 Å². The van der Waals surface area contributed by atoms with Gasteiger partial charge < -0.3 is 19.7 Å². The Morgan fingerprint density at radius 3 is 2.67 bits per heavy atom. The Kier molecular flexibility index (Phi) is 8.79. The molecule has 8 heteroatoms. The lowest BCUT2D eigenvalue weighted by Gasteiger charge is -2.26. The van der Waals surface area contributed by atoms with E-state index in [1.54, 1.807) is 19.2 Å². The van der Waals surface area contributed by atoms with Crippen LogP contribution in [-0.2, 0) is 17.8 Å². The van der Waals surface area contributed by atoms with Crippen molar-refractivity contribution in [3.05, 3.63) is 80.1 Å². The summed E-state index contributed by atoms with van der Waals surface area (Å²) in [7, 11) is 1.67. The highest BCUT2D eigenvalue weighted by Crippen LogP contribution is 2.20. The van der Waals surface area contributed by atoms with Crippen LogP contribution in [0.3, 0.4) is 0 Å². The van der Waals surface area contributed by atoms with Crippen LogP contribution < -0.4 is 5.43 Å². The molecule has 1 aliphatic heterocycles. The number of hydrogen-bond acceptors (Lipinski definition) is 5. The summed E-state index contributed by atoms with van der Waals surface area (Å²) < 4.78 is 5.45. The minimum absolute atomic E-state index is 0.0817. The molecular weight excluding hydrogens is 478 g/mol. The number of aromatic nitrogens is 1. The SMILES string of the molecule is CN(Cc1ccc(Cl)cc1)C(=O)c1c[nH]c2c(C#CCCCO)cc(CN3CCOCC3)cc2c1=O.